The van der Waals surface area contributed by atoms with E-state index in [0.29, 0.717) is 0 Å². The van der Waals surface area contributed by atoms with Gasteiger partial charge in [0, 0.05) is 4.86 Å². The van der Waals surface area contributed by atoms with Crippen LogP contribution < -0.4 is 0 Å². The fourth-order valence-electron chi connectivity index (χ4n) is 0.488. The molecule has 1 rings (SSSR count). The minimum Gasteiger partial charge on any atom is -0.333 e. The Labute approximate surface area is 51.5 Å². The van der Waals surface area contributed by atoms with Gasteiger partial charge in [0.2, 0.25) is 0 Å². The molecule has 0 aromatic rings. The monoisotopic (exact) mass is 128 g/mol. The Hall–Kier alpha value is -0.340. The molecule has 0 aromatic heterocycles. The molecule has 0 saturated heterocycles. The molecule has 2 heteroatoms. The molecule has 8 heavy (non-hydrogen) atoms. The third-order valence-electron chi connectivity index (χ3n) is 0.979. The van der Waals surface area contributed by atoms with Crippen molar-refractivity contribution in [1.82, 2.24) is 0 Å². The minimum absolute atomic E-state index is 0.586. The van der Waals surface area contributed by atoms with Gasteiger partial charge in [0.15, 0.2) is 0 Å². The van der Waals surface area contributed by atoms with Crippen LogP contribution in [0.15, 0.2) is 23.6 Å². The summed E-state index contributed by atoms with van der Waals surface area (Å²) < 4.78 is 9.03. The molecule has 1 unspecified atom stereocenters. The smallest absolute Gasteiger partial charge is 0.00148 e. The second kappa shape index (κ2) is 2.29. The van der Waals surface area contributed by atoms with Crippen molar-refractivity contribution in [3.63, 3.8) is 0 Å². The topological polar surface area (TPSA) is 20.2 Å². The maximum atomic E-state index is 9.03. The van der Waals surface area contributed by atoms with Crippen LogP contribution in [0.5, 0.6) is 0 Å². The van der Waals surface area contributed by atoms with E-state index in [-0.39, 0.29) is 0 Å². The summed E-state index contributed by atoms with van der Waals surface area (Å²) in [5, 5.41) is 1.79. The highest BCUT2D eigenvalue weighted by atomic mass is 32.2. The van der Waals surface area contributed by atoms with Crippen LogP contribution in [-0.4, -0.2) is 9.42 Å². The summed E-state index contributed by atoms with van der Waals surface area (Å²) in [5.41, 5.74) is 0. The van der Waals surface area contributed by atoms with Gasteiger partial charge in [0.1, 0.15) is 0 Å². The van der Waals surface area contributed by atoms with E-state index in [4.69, 9.17) is 4.55 Å². The molecule has 1 N–H and O–H groups in total. The largest absolute Gasteiger partial charge is 0.333 e. The number of allylic oxidation sites excluding steroid dienone is 3. The predicted molar refractivity (Wildman–Crippen MR) is 39.2 cm³/mol. The zero-order valence-electron chi connectivity index (χ0n) is 4.66. The summed E-state index contributed by atoms with van der Waals surface area (Å²) in [6, 6.07) is 0. The first-order chi connectivity index (χ1) is 3.80. The molecule has 0 bridgehead atoms. The zero-order valence-corrected chi connectivity index (χ0v) is 5.48. The quantitative estimate of drug-likeness (QED) is 0.495. The normalized spacial score (nSPS) is 26.8. The van der Waals surface area contributed by atoms with Crippen LogP contribution in [0, 0.1) is 0 Å². The molecule has 1 aliphatic rings. The highest BCUT2D eigenvalue weighted by molar-refractivity contribution is 8.13. The molecule has 0 aromatic carbocycles. The number of hydrogen-bond donors (Lipinski definition) is 1. The fraction of sp³-hybridized carbons (Fsp3) is 0.167. The fourth-order valence-corrected chi connectivity index (χ4v) is 1.16. The van der Waals surface area contributed by atoms with Crippen LogP contribution in [0.25, 0.3) is 0 Å². The maximum absolute atomic E-state index is 9.03. The summed E-state index contributed by atoms with van der Waals surface area (Å²) >= 11 is 0. The van der Waals surface area contributed by atoms with Crippen LogP contribution in [0.2, 0.25) is 0 Å². The van der Waals surface area contributed by atoms with Crippen LogP contribution in [0.3, 0.4) is 0 Å². The summed E-state index contributed by atoms with van der Waals surface area (Å²) in [6.45, 7) is 1.92. The maximum Gasteiger partial charge on any atom is 0.00148 e. The Morgan fingerprint density at radius 3 is 2.62 bits per heavy atom. The van der Waals surface area contributed by atoms with Crippen LogP contribution in [0.4, 0.5) is 0 Å². The van der Waals surface area contributed by atoms with E-state index < -0.39 is 10.8 Å². The van der Waals surface area contributed by atoms with Gasteiger partial charge in [-0.15, -0.1) is 0 Å². The minimum atomic E-state index is -0.586. The SMILES string of the molecule is CC1=S(O)C=CC=C1. The Morgan fingerprint density at radius 2 is 2.25 bits per heavy atom. The van der Waals surface area contributed by atoms with Gasteiger partial charge in [0.05, 0.1) is 0 Å². The van der Waals surface area contributed by atoms with Gasteiger partial charge in [-0.2, -0.15) is 0 Å². The summed E-state index contributed by atoms with van der Waals surface area (Å²) in [5.74, 6) is 0. The van der Waals surface area contributed by atoms with Crippen molar-refractivity contribution in [2.45, 2.75) is 6.92 Å². The van der Waals surface area contributed by atoms with Crippen molar-refractivity contribution in [3.8, 4) is 0 Å². The van der Waals surface area contributed by atoms with Crippen molar-refractivity contribution in [3.05, 3.63) is 23.6 Å². The summed E-state index contributed by atoms with van der Waals surface area (Å²) in [7, 11) is -0.586. The second-order valence-corrected chi connectivity index (χ2v) is 3.16. The summed E-state index contributed by atoms with van der Waals surface area (Å²) in [4.78, 5) is 1.03. The second-order valence-electron chi connectivity index (χ2n) is 1.61. The lowest BCUT2D eigenvalue weighted by atomic mass is 10.4. The first-order valence-corrected chi connectivity index (χ1v) is 3.66. The highest BCUT2D eigenvalue weighted by Gasteiger charge is 1.90. The molecule has 1 aliphatic heterocycles. The molecule has 1 heterocycles. The van der Waals surface area contributed by atoms with Gasteiger partial charge in [-0.3, -0.25) is 0 Å². The Kier molecular flexibility index (Phi) is 1.65. The van der Waals surface area contributed by atoms with Gasteiger partial charge in [-0.05, 0) is 23.1 Å². The lowest BCUT2D eigenvalue weighted by Gasteiger charge is -1.99. The van der Waals surface area contributed by atoms with Crippen LogP contribution in [0.1, 0.15) is 6.92 Å². The van der Waals surface area contributed by atoms with E-state index in [2.05, 4.69) is 0 Å². The van der Waals surface area contributed by atoms with E-state index in [0.717, 1.165) is 4.86 Å². The molecule has 44 valence electrons. The first-order valence-electron chi connectivity index (χ1n) is 2.41. The Bertz CT molecular complexity index is 157. The lowest BCUT2D eigenvalue weighted by Crippen LogP contribution is -1.85. The van der Waals surface area contributed by atoms with Crippen molar-refractivity contribution in [2.24, 2.45) is 0 Å². The van der Waals surface area contributed by atoms with E-state index in [9.17, 15) is 0 Å². The molecular formula is C6H8OS. The molecule has 0 fully saturated rings. The van der Waals surface area contributed by atoms with Crippen LogP contribution >= 0.6 is 10.8 Å². The first kappa shape index (κ1) is 5.79. The van der Waals surface area contributed by atoms with Gasteiger partial charge in [-0.25, -0.2) is 0 Å². The molecule has 1 atom stereocenters. The standard InChI is InChI=1S/C6H8OS/c1-6-4-2-3-5-8(6)7/h2-5,7H,1H3. The average Bonchev–Trinajstić information content (AvgIpc) is 1.77. The number of hydrogen-bond acceptors (Lipinski definition) is 1. The van der Waals surface area contributed by atoms with Crippen molar-refractivity contribution < 1.29 is 4.55 Å². The van der Waals surface area contributed by atoms with E-state index in [1.807, 2.05) is 25.2 Å². The molecule has 0 amide bonds. The number of rotatable bonds is 0. The molecular weight excluding hydrogens is 120 g/mol. The van der Waals surface area contributed by atoms with Gasteiger partial charge in [0.25, 0.3) is 0 Å². The lowest BCUT2D eigenvalue weighted by molar-refractivity contribution is 0.668. The van der Waals surface area contributed by atoms with Gasteiger partial charge < -0.3 is 4.55 Å². The van der Waals surface area contributed by atoms with Crippen molar-refractivity contribution in [1.29, 1.82) is 0 Å². The molecule has 0 aliphatic carbocycles. The molecule has 0 radical (unpaired) electrons. The van der Waals surface area contributed by atoms with Gasteiger partial charge in [-0.1, -0.05) is 18.2 Å². The average molecular weight is 128 g/mol. The highest BCUT2D eigenvalue weighted by Crippen LogP contribution is 2.14. The molecule has 0 saturated carbocycles. The van der Waals surface area contributed by atoms with E-state index >= 15 is 0 Å². The van der Waals surface area contributed by atoms with E-state index in [1.54, 1.807) is 5.41 Å². The Balaban J connectivity index is 2.97. The zero-order chi connectivity index (χ0) is 5.98. The Morgan fingerprint density at radius 1 is 1.50 bits per heavy atom. The molecule has 1 nitrogen and oxygen atoms in total. The van der Waals surface area contributed by atoms with E-state index in [1.165, 1.54) is 0 Å². The van der Waals surface area contributed by atoms with Crippen molar-refractivity contribution in [2.75, 3.05) is 0 Å². The third-order valence-corrected chi connectivity index (χ3v) is 2.19. The van der Waals surface area contributed by atoms with Gasteiger partial charge >= 0.3 is 0 Å². The predicted octanol–water partition coefficient (Wildman–Crippen LogP) is 2.00. The third kappa shape index (κ3) is 1.08. The van der Waals surface area contributed by atoms with Crippen molar-refractivity contribution >= 4 is 15.6 Å². The molecule has 0 spiro atoms. The summed E-state index contributed by atoms with van der Waals surface area (Å²) in [6.07, 6.45) is 5.70. The van der Waals surface area contributed by atoms with Crippen LogP contribution in [-0.2, 0) is 0 Å².